The normalized spacial score (nSPS) is 10.4. The van der Waals surface area contributed by atoms with Gasteiger partial charge in [-0.15, -0.1) is 0 Å². The van der Waals surface area contributed by atoms with Crippen molar-refractivity contribution in [2.75, 3.05) is 26.1 Å². The van der Waals surface area contributed by atoms with Crippen molar-refractivity contribution in [3.63, 3.8) is 0 Å². The summed E-state index contributed by atoms with van der Waals surface area (Å²) in [7, 11) is 3.11. The molecule has 6 nitrogen and oxygen atoms in total. The van der Waals surface area contributed by atoms with Crippen molar-refractivity contribution in [2.24, 2.45) is 0 Å². The Bertz CT molecular complexity index is 815. The molecule has 2 rings (SSSR count). The minimum absolute atomic E-state index is 0.229. The third kappa shape index (κ3) is 4.86. The third-order valence-corrected chi connectivity index (χ3v) is 3.60. The second-order valence-electron chi connectivity index (χ2n) is 5.34. The number of hydrogen-bond acceptors (Lipinski definition) is 4. The molecule has 0 bridgehead atoms. The van der Waals surface area contributed by atoms with Gasteiger partial charge >= 0.3 is 0 Å². The number of anilines is 1. The van der Waals surface area contributed by atoms with E-state index in [0.29, 0.717) is 29.3 Å². The van der Waals surface area contributed by atoms with E-state index in [-0.39, 0.29) is 11.8 Å². The van der Waals surface area contributed by atoms with Gasteiger partial charge in [0, 0.05) is 12.6 Å². The number of benzene rings is 2. The van der Waals surface area contributed by atoms with E-state index in [1.54, 1.807) is 56.7 Å². The van der Waals surface area contributed by atoms with Gasteiger partial charge in [-0.3, -0.25) is 9.59 Å². The first kappa shape index (κ1) is 19.1. The molecule has 0 aliphatic carbocycles. The van der Waals surface area contributed by atoms with E-state index in [4.69, 9.17) is 9.47 Å². The SMILES string of the molecule is CCNC(=O)c1ccccc1NC(=O)C=Cc1ccc(OC)c(OC)c1. The molecule has 26 heavy (non-hydrogen) atoms. The standard InChI is InChI=1S/C20H22N2O4/c1-4-21-20(24)15-7-5-6-8-16(15)22-19(23)12-10-14-9-11-17(25-2)18(13-14)26-3/h5-13H,4H2,1-3H3,(H,21,24)(H,22,23). The molecule has 0 saturated heterocycles. The van der Waals surface area contributed by atoms with Crippen molar-refractivity contribution < 1.29 is 19.1 Å². The Kier molecular flexibility index (Phi) is 6.79. The molecule has 136 valence electrons. The smallest absolute Gasteiger partial charge is 0.253 e. The minimum Gasteiger partial charge on any atom is -0.493 e. The average Bonchev–Trinajstić information content (AvgIpc) is 2.66. The molecule has 0 aromatic heterocycles. The second kappa shape index (κ2) is 9.27. The van der Waals surface area contributed by atoms with Crippen LogP contribution in [0.2, 0.25) is 0 Å². The van der Waals surface area contributed by atoms with Gasteiger partial charge in [-0.1, -0.05) is 18.2 Å². The molecule has 0 unspecified atom stereocenters. The van der Waals surface area contributed by atoms with Crippen LogP contribution in [0.15, 0.2) is 48.5 Å². The molecule has 2 aromatic rings. The zero-order chi connectivity index (χ0) is 18.9. The quantitative estimate of drug-likeness (QED) is 0.749. The van der Waals surface area contributed by atoms with Crippen LogP contribution < -0.4 is 20.1 Å². The van der Waals surface area contributed by atoms with Crippen LogP contribution in [0.5, 0.6) is 11.5 Å². The Morgan fingerprint density at radius 3 is 2.46 bits per heavy atom. The molecule has 6 heteroatoms. The van der Waals surface area contributed by atoms with Crippen LogP contribution in [0.1, 0.15) is 22.8 Å². The van der Waals surface area contributed by atoms with Crippen molar-refractivity contribution in [3.05, 3.63) is 59.7 Å². The fourth-order valence-electron chi connectivity index (χ4n) is 2.35. The second-order valence-corrected chi connectivity index (χ2v) is 5.34. The predicted octanol–water partition coefficient (Wildman–Crippen LogP) is 3.11. The van der Waals surface area contributed by atoms with E-state index in [9.17, 15) is 9.59 Å². The van der Waals surface area contributed by atoms with Crippen LogP contribution in [0.3, 0.4) is 0 Å². The lowest BCUT2D eigenvalue weighted by Gasteiger charge is -2.09. The molecule has 0 spiro atoms. The molecular formula is C20H22N2O4. The molecule has 2 amide bonds. The van der Waals surface area contributed by atoms with Crippen LogP contribution in [0.25, 0.3) is 6.08 Å². The molecule has 0 fully saturated rings. The van der Waals surface area contributed by atoms with Crippen LogP contribution in [-0.2, 0) is 4.79 Å². The predicted molar refractivity (Wildman–Crippen MR) is 102 cm³/mol. The highest BCUT2D eigenvalue weighted by Gasteiger charge is 2.11. The largest absolute Gasteiger partial charge is 0.493 e. The maximum Gasteiger partial charge on any atom is 0.253 e. The van der Waals surface area contributed by atoms with Gasteiger partial charge in [-0.2, -0.15) is 0 Å². The maximum atomic E-state index is 12.2. The number of hydrogen-bond donors (Lipinski definition) is 2. The van der Waals surface area contributed by atoms with Crippen molar-refractivity contribution >= 4 is 23.6 Å². The van der Waals surface area contributed by atoms with Crippen LogP contribution in [-0.4, -0.2) is 32.6 Å². The molecule has 2 N–H and O–H groups in total. The summed E-state index contributed by atoms with van der Waals surface area (Å²) in [6.45, 7) is 2.35. The highest BCUT2D eigenvalue weighted by molar-refractivity contribution is 6.07. The molecule has 0 saturated carbocycles. The van der Waals surface area contributed by atoms with Crippen LogP contribution >= 0.6 is 0 Å². The van der Waals surface area contributed by atoms with Gasteiger partial charge in [0.15, 0.2) is 11.5 Å². The first-order chi connectivity index (χ1) is 12.6. The van der Waals surface area contributed by atoms with Gasteiger partial charge in [-0.05, 0) is 42.8 Å². The zero-order valence-electron chi connectivity index (χ0n) is 15.0. The fraction of sp³-hybridized carbons (Fsp3) is 0.200. The maximum absolute atomic E-state index is 12.2. The number of amides is 2. The topological polar surface area (TPSA) is 76.7 Å². The molecule has 0 heterocycles. The van der Waals surface area contributed by atoms with Gasteiger partial charge in [0.2, 0.25) is 5.91 Å². The number of carbonyl (C=O) groups is 2. The fourth-order valence-corrected chi connectivity index (χ4v) is 2.35. The van der Waals surface area contributed by atoms with E-state index in [0.717, 1.165) is 5.56 Å². The highest BCUT2D eigenvalue weighted by Crippen LogP contribution is 2.28. The van der Waals surface area contributed by atoms with E-state index < -0.39 is 0 Å². The van der Waals surface area contributed by atoms with Crippen molar-refractivity contribution in [3.8, 4) is 11.5 Å². The molecule has 0 radical (unpaired) electrons. The first-order valence-electron chi connectivity index (χ1n) is 8.17. The Labute approximate surface area is 152 Å². The molecule has 0 aliphatic heterocycles. The van der Waals surface area contributed by atoms with E-state index >= 15 is 0 Å². The van der Waals surface area contributed by atoms with Crippen LogP contribution in [0.4, 0.5) is 5.69 Å². The molecule has 0 atom stereocenters. The summed E-state index contributed by atoms with van der Waals surface area (Å²) in [5.74, 6) is 0.630. The number of methoxy groups -OCH3 is 2. The van der Waals surface area contributed by atoms with Gasteiger partial charge in [0.1, 0.15) is 0 Å². The van der Waals surface area contributed by atoms with Crippen molar-refractivity contribution in [1.29, 1.82) is 0 Å². The summed E-state index contributed by atoms with van der Waals surface area (Å²) in [6.07, 6.45) is 3.06. The lowest BCUT2D eigenvalue weighted by molar-refractivity contribution is -0.111. The number of carbonyl (C=O) groups excluding carboxylic acids is 2. The van der Waals surface area contributed by atoms with Crippen molar-refractivity contribution in [1.82, 2.24) is 5.32 Å². The summed E-state index contributed by atoms with van der Waals surface area (Å²) in [5.41, 5.74) is 1.66. The average molecular weight is 354 g/mol. The first-order valence-corrected chi connectivity index (χ1v) is 8.17. The lowest BCUT2D eigenvalue weighted by atomic mass is 10.1. The summed E-state index contributed by atoms with van der Waals surface area (Å²) in [6, 6.07) is 12.2. The van der Waals surface area contributed by atoms with E-state index in [1.807, 2.05) is 13.0 Å². The van der Waals surface area contributed by atoms with Crippen molar-refractivity contribution in [2.45, 2.75) is 6.92 Å². The Hall–Kier alpha value is -3.28. The summed E-state index contributed by atoms with van der Waals surface area (Å²) < 4.78 is 10.4. The number of para-hydroxylation sites is 1. The van der Waals surface area contributed by atoms with E-state index in [1.165, 1.54) is 6.08 Å². The van der Waals surface area contributed by atoms with Gasteiger partial charge < -0.3 is 20.1 Å². The lowest BCUT2D eigenvalue weighted by Crippen LogP contribution is -2.24. The Morgan fingerprint density at radius 1 is 1.04 bits per heavy atom. The summed E-state index contributed by atoms with van der Waals surface area (Å²) in [4.78, 5) is 24.3. The van der Waals surface area contributed by atoms with Gasteiger partial charge in [-0.25, -0.2) is 0 Å². The summed E-state index contributed by atoms with van der Waals surface area (Å²) in [5, 5.41) is 5.45. The Balaban J connectivity index is 2.12. The number of ether oxygens (including phenoxy) is 2. The monoisotopic (exact) mass is 354 g/mol. The van der Waals surface area contributed by atoms with E-state index in [2.05, 4.69) is 10.6 Å². The molecular weight excluding hydrogens is 332 g/mol. The highest BCUT2D eigenvalue weighted by atomic mass is 16.5. The third-order valence-electron chi connectivity index (χ3n) is 3.60. The number of nitrogens with one attached hydrogen (secondary N) is 2. The Morgan fingerprint density at radius 2 is 1.77 bits per heavy atom. The molecule has 2 aromatic carbocycles. The van der Waals surface area contributed by atoms with Crippen LogP contribution in [0, 0.1) is 0 Å². The van der Waals surface area contributed by atoms with Gasteiger partial charge in [0.05, 0.1) is 25.5 Å². The zero-order valence-corrected chi connectivity index (χ0v) is 15.0. The van der Waals surface area contributed by atoms with Gasteiger partial charge in [0.25, 0.3) is 5.91 Å². The summed E-state index contributed by atoms with van der Waals surface area (Å²) >= 11 is 0. The number of rotatable bonds is 7. The molecule has 0 aliphatic rings. The minimum atomic E-state index is -0.337.